The molecule has 0 N–H and O–H groups in total. The molecule has 1 atom stereocenters. The van der Waals surface area contributed by atoms with Crippen molar-refractivity contribution in [2.75, 3.05) is 0 Å². The Morgan fingerprint density at radius 1 is 0.943 bits per heavy atom. The molecule has 0 aromatic heterocycles. The zero-order valence-corrected chi connectivity index (χ0v) is 25.8. The third-order valence-corrected chi connectivity index (χ3v) is 6.04. The minimum atomic E-state index is 0.701. The topological polar surface area (TPSA) is 0 Å². The third-order valence-electron chi connectivity index (χ3n) is 6.04. The molecule has 202 valence electrons. The molecule has 0 radical (unpaired) electrons. The van der Waals surface area contributed by atoms with E-state index in [1.54, 1.807) is 0 Å². The molecule has 1 aromatic carbocycles. The molecule has 0 heteroatoms. The molecule has 0 bridgehead atoms. The number of benzene rings is 1. The van der Waals surface area contributed by atoms with E-state index in [1.165, 1.54) is 79.2 Å². The maximum atomic E-state index is 4.29. The van der Waals surface area contributed by atoms with Gasteiger partial charge < -0.3 is 0 Å². The summed E-state index contributed by atoms with van der Waals surface area (Å²) in [5, 5.41) is 0. The van der Waals surface area contributed by atoms with Crippen LogP contribution in [0.5, 0.6) is 0 Å². The standard InChI is InChI=1S/C16H20.C13H24.3C2H6/c1-4-6-14-8-9-15-11-13(5-2)7-10-16(15)12(14)3;1-5-9-12(8-4)13(10-6-2)11-7-3;3*1-2/h5,7,10-11,14H,2-4,6,8-9H2,1H3;5,8-9,13H,6-7,10-11H2,1-4H3;3*1-2H3/b;9-5-,12-8+;;;. The van der Waals surface area contributed by atoms with Gasteiger partial charge in [0.2, 0.25) is 0 Å². The van der Waals surface area contributed by atoms with Crippen LogP contribution in [0.15, 0.2) is 55.2 Å². The van der Waals surface area contributed by atoms with E-state index in [-0.39, 0.29) is 0 Å². The van der Waals surface area contributed by atoms with Crippen LogP contribution in [0.4, 0.5) is 0 Å². The summed E-state index contributed by atoms with van der Waals surface area (Å²) in [6.45, 7) is 31.1. The fourth-order valence-electron chi connectivity index (χ4n) is 4.49. The Morgan fingerprint density at radius 3 is 1.94 bits per heavy atom. The Hall–Kier alpha value is -1.82. The van der Waals surface area contributed by atoms with Gasteiger partial charge in [0.05, 0.1) is 0 Å². The fourth-order valence-corrected chi connectivity index (χ4v) is 4.49. The van der Waals surface area contributed by atoms with E-state index in [1.807, 2.05) is 47.6 Å². The summed E-state index contributed by atoms with van der Waals surface area (Å²) >= 11 is 0. The van der Waals surface area contributed by atoms with Crippen LogP contribution in [0.25, 0.3) is 11.6 Å². The number of aryl methyl sites for hydroxylation is 1. The Balaban J connectivity index is -0.000000490. The predicted octanol–water partition coefficient (Wildman–Crippen LogP) is 12.5. The second-order valence-electron chi connectivity index (χ2n) is 8.23. The number of rotatable bonds is 9. The highest BCUT2D eigenvalue weighted by Gasteiger charge is 2.21. The van der Waals surface area contributed by atoms with Gasteiger partial charge >= 0.3 is 0 Å². The highest BCUT2D eigenvalue weighted by Crippen LogP contribution is 2.37. The van der Waals surface area contributed by atoms with Crippen molar-refractivity contribution >= 4 is 11.6 Å². The Morgan fingerprint density at radius 2 is 1.51 bits per heavy atom. The monoisotopic (exact) mass is 482 g/mol. The van der Waals surface area contributed by atoms with Crippen LogP contribution in [0, 0.1) is 11.8 Å². The summed E-state index contributed by atoms with van der Waals surface area (Å²) in [5.41, 5.74) is 6.93. The summed E-state index contributed by atoms with van der Waals surface area (Å²) in [6.07, 6.45) is 18.8. The van der Waals surface area contributed by atoms with E-state index >= 15 is 0 Å². The normalized spacial score (nSPS) is 14.2. The summed E-state index contributed by atoms with van der Waals surface area (Å²) in [4.78, 5) is 0. The first-order valence-electron chi connectivity index (χ1n) is 14.8. The van der Waals surface area contributed by atoms with Crippen LogP contribution < -0.4 is 0 Å². The molecule has 0 saturated carbocycles. The average molecular weight is 483 g/mol. The van der Waals surface area contributed by atoms with Gasteiger partial charge in [-0.3, -0.25) is 0 Å². The Bertz CT molecular complexity index is 680. The molecule has 0 aliphatic heterocycles. The first-order valence-corrected chi connectivity index (χ1v) is 14.8. The van der Waals surface area contributed by atoms with Gasteiger partial charge in [0.15, 0.2) is 0 Å². The highest BCUT2D eigenvalue weighted by molar-refractivity contribution is 5.71. The highest BCUT2D eigenvalue weighted by atomic mass is 14.3. The lowest BCUT2D eigenvalue weighted by Crippen LogP contribution is -2.12. The zero-order valence-electron chi connectivity index (χ0n) is 25.8. The van der Waals surface area contributed by atoms with Crippen molar-refractivity contribution in [3.05, 3.63) is 71.8 Å². The number of fused-ring (bicyclic) bond motifs is 1. The predicted molar refractivity (Wildman–Crippen MR) is 168 cm³/mol. The Kier molecular flexibility index (Phi) is 28.9. The van der Waals surface area contributed by atoms with Gasteiger partial charge in [-0.25, -0.2) is 0 Å². The molecule has 0 nitrogen and oxygen atoms in total. The van der Waals surface area contributed by atoms with Crippen LogP contribution in [-0.2, 0) is 6.42 Å². The van der Waals surface area contributed by atoms with Crippen LogP contribution in [-0.4, -0.2) is 0 Å². The lowest BCUT2D eigenvalue weighted by Gasteiger charge is -2.27. The van der Waals surface area contributed by atoms with Crippen LogP contribution in [0.2, 0.25) is 0 Å². The molecule has 35 heavy (non-hydrogen) atoms. The lowest BCUT2D eigenvalue weighted by atomic mass is 9.78. The smallest absolute Gasteiger partial charge is 0.0159 e. The first kappa shape index (κ1) is 37.7. The van der Waals surface area contributed by atoms with Gasteiger partial charge in [-0.15, -0.1) is 0 Å². The van der Waals surface area contributed by atoms with Crippen molar-refractivity contribution in [3.63, 3.8) is 0 Å². The maximum absolute atomic E-state index is 4.29. The van der Waals surface area contributed by atoms with E-state index in [4.69, 9.17) is 0 Å². The van der Waals surface area contributed by atoms with Crippen molar-refractivity contribution in [1.82, 2.24) is 0 Å². The second kappa shape index (κ2) is 26.8. The van der Waals surface area contributed by atoms with Gasteiger partial charge in [-0.1, -0.05) is 137 Å². The van der Waals surface area contributed by atoms with Gasteiger partial charge in [0, 0.05) is 0 Å². The molecule has 2 rings (SSSR count). The summed E-state index contributed by atoms with van der Waals surface area (Å²) < 4.78 is 0. The third kappa shape index (κ3) is 15.0. The van der Waals surface area contributed by atoms with Crippen LogP contribution in [0.1, 0.15) is 138 Å². The van der Waals surface area contributed by atoms with E-state index in [0.29, 0.717) is 5.92 Å². The molecule has 0 fully saturated rings. The molecule has 1 aliphatic carbocycles. The van der Waals surface area contributed by atoms with Gasteiger partial charge in [0.25, 0.3) is 0 Å². The Labute approximate surface area is 222 Å². The molecule has 0 heterocycles. The van der Waals surface area contributed by atoms with Gasteiger partial charge in [-0.2, -0.15) is 0 Å². The summed E-state index contributed by atoms with van der Waals surface area (Å²) in [7, 11) is 0. The van der Waals surface area contributed by atoms with Crippen molar-refractivity contribution in [1.29, 1.82) is 0 Å². The zero-order chi connectivity index (χ0) is 27.6. The van der Waals surface area contributed by atoms with Crippen molar-refractivity contribution in [3.8, 4) is 0 Å². The van der Waals surface area contributed by atoms with E-state index in [0.717, 1.165) is 5.92 Å². The molecule has 1 unspecified atom stereocenters. The summed E-state index contributed by atoms with van der Waals surface area (Å²) in [5.74, 6) is 1.49. The van der Waals surface area contributed by atoms with E-state index < -0.39 is 0 Å². The van der Waals surface area contributed by atoms with Gasteiger partial charge in [0.1, 0.15) is 0 Å². The number of hydrogen-bond acceptors (Lipinski definition) is 0. The molecular formula is C35H62. The molecule has 0 saturated heterocycles. The second-order valence-corrected chi connectivity index (χ2v) is 8.23. The molecule has 1 aliphatic rings. The largest absolute Gasteiger partial charge is 0.0985 e. The molecule has 0 amide bonds. The fraction of sp³-hybridized carbons (Fsp3) is 0.600. The van der Waals surface area contributed by atoms with Gasteiger partial charge in [-0.05, 0) is 85.6 Å². The minimum absolute atomic E-state index is 0.701. The first-order chi connectivity index (χ1) is 17.1. The maximum Gasteiger partial charge on any atom is -0.0159 e. The van der Waals surface area contributed by atoms with Crippen molar-refractivity contribution < 1.29 is 0 Å². The number of allylic oxidation sites excluding steroid dienone is 5. The van der Waals surface area contributed by atoms with E-state index in [9.17, 15) is 0 Å². The van der Waals surface area contributed by atoms with Crippen LogP contribution in [0.3, 0.4) is 0 Å². The number of hydrogen-bond donors (Lipinski definition) is 0. The quantitative estimate of drug-likeness (QED) is 0.307. The molecule has 1 aromatic rings. The molecular weight excluding hydrogens is 420 g/mol. The van der Waals surface area contributed by atoms with Crippen LogP contribution >= 0.6 is 0 Å². The lowest BCUT2D eigenvalue weighted by molar-refractivity contribution is 0.512. The average Bonchev–Trinajstić information content (AvgIpc) is 2.92. The minimum Gasteiger partial charge on any atom is -0.0985 e. The SMILES string of the molecule is C/C=C\C(=C/C)C(CCC)CCC.C=Cc1ccc2c(c1)CCC(CCC)C2=C.CC.CC.CC. The molecule has 0 spiro atoms. The summed E-state index contributed by atoms with van der Waals surface area (Å²) in [6, 6.07) is 6.62. The van der Waals surface area contributed by atoms with E-state index in [2.05, 4.69) is 84.2 Å². The van der Waals surface area contributed by atoms with Crippen molar-refractivity contribution in [2.24, 2.45) is 11.8 Å². The van der Waals surface area contributed by atoms with Crippen molar-refractivity contribution in [2.45, 2.75) is 128 Å².